The van der Waals surface area contributed by atoms with E-state index in [1.54, 1.807) is 0 Å². The van der Waals surface area contributed by atoms with Crippen LogP contribution in [0.1, 0.15) is 0 Å². The van der Waals surface area contributed by atoms with Crippen LogP contribution in [-0.2, 0) is 80.9 Å². The normalized spacial score (nSPS) is 12.9. The van der Waals surface area contributed by atoms with E-state index >= 15 is 0 Å². The molecule has 2 aromatic heterocycles. The van der Waals surface area contributed by atoms with Gasteiger partial charge in [0.25, 0.3) is 80.9 Å². The molecule has 0 saturated carbocycles. The fraction of sp³-hybridized carbons (Fsp3) is 0. The first-order chi connectivity index (χ1) is 45.2. The maximum atomic E-state index is 13.2. The van der Waals surface area contributed by atoms with E-state index < -0.39 is 243 Å². The predicted molar refractivity (Wildman–Crippen MR) is 345 cm³/mol. The van der Waals surface area contributed by atoms with E-state index in [0.717, 1.165) is 48.5 Å². The Morgan fingerprint density at radius 3 is 0.929 bits per heavy atom. The van der Waals surface area contributed by atoms with Gasteiger partial charge < -0.3 is 31.5 Å². The van der Waals surface area contributed by atoms with Crippen LogP contribution in [0.15, 0.2) is 160 Å². The topological polar surface area (TPSA) is 601 Å². The zero-order chi connectivity index (χ0) is 71.7. The molecule has 9 aromatic carbocycles. The van der Waals surface area contributed by atoms with Crippen molar-refractivity contribution in [2.24, 2.45) is 0 Å². The number of halogens is 2. The van der Waals surface area contributed by atoms with Gasteiger partial charge in [-0.1, -0.05) is 48.5 Å². The molecule has 36 nitrogen and oxygen atoms in total. The van der Waals surface area contributed by atoms with E-state index in [0.29, 0.717) is 48.5 Å². The Morgan fingerprint density at radius 2 is 0.633 bits per heavy atom. The number of rotatable bonds is 18. The van der Waals surface area contributed by atoms with E-state index in [1.807, 2.05) is 0 Å². The summed E-state index contributed by atoms with van der Waals surface area (Å²) in [6.07, 6.45) is 0. The van der Waals surface area contributed by atoms with Crippen molar-refractivity contribution in [2.45, 2.75) is 39.2 Å². The van der Waals surface area contributed by atoms with Crippen molar-refractivity contribution < 1.29 is 114 Å². The van der Waals surface area contributed by atoms with Crippen molar-refractivity contribution in [3.63, 3.8) is 0 Å². The first-order valence-corrected chi connectivity index (χ1v) is 38.1. The molecule has 0 saturated heterocycles. The summed E-state index contributed by atoms with van der Waals surface area (Å²) in [5, 5.41) is 28.8. The molecule has 0 bridgehead atoms. The molecule has 0 amide bonds. The van der Waals surface area contributed by atoms with Gasteiger partial charge in [-0.05, 0) is 107 Å². The largest absolute Gasteiger partial charge is 0.507 e. The number of fused-ring (bicyclic) bond motifs is 4. The predicted octanol–water partition coefficient (Wildman–Crippen LogP) is 7.67. The van der Waals surface area contributed by atoms with Crippen molar-refractivity contribution in [2.75, 3.05) is 21.3 Å². The molecular weight excluding hydrogens is 1510 g/mol. The summed E-state index contributed by atoms with van der Waals surface area (Å²) in [6, 6.07) is 17.8. The van der Waals surface area contributed by atoms with Gasteiger partial charge in [-0.25, -0.2) is 0 Å². The lowest BCUT2D eigenvalue weighted by Crippen LogP contribution is -2.09. The van der Waals surface area contributed by atoms with Gasteiger partial charge in [-0.15, -0.1) is 0 Å². The highest BCUT2D eigenvalue weighted by Crippen LogP contribution is 2.51. The van der Waals surface area contributed by atoms with Gasteiger partial charge in [0.05, 0.1) is 21.2 Å². The molecule has 11 aromatic rings. The number of phenols is 2. The average molecular weight is 1540 g/mol. The number of aromatic hydroxyl groups is 2. The lowest BCUT2D eigenvalue weighted by Gasteiger charge is -2.19. The number of hydrogen-bond donors (Lipinski definition) is 14. The average Bonchev–Trinajstić information content (AvgIpc) is 0.729. The summed E-state index contributed by atoms with van der Waals surface area (Å²) in [5.74, 6) is -4.59. The highest BCUT2D eigenvalue weighted by molar-refractivity contribution is 7.88. The molecule has 0 atom stereocenters. The van der Waals surface area contributed by atoms with Gasteiger partial charge >= 0.3 is 0 Å². The molecule has 98 heavy (non-hydrogen) atoms. The Balaban J connectivity index is 0.935. The van der Waals surface area contributed by atoms with E-state index in [-0.39, 0.29) is 11.4 Å². The molecule has 46 heteroatoms. The second kappa shape index (κ2) is 24.3. The Morgan fingerprint density at radius 1 is 0.316 bits per heavy atom. The molecule has 0 aliphatic heterocycles. The first kappa shape index (κ1) is 70.0. The number of aromatic nitrogens is 6. The second-order valence-corrected chi connectivity index (χ2v) is 32.1. The number of nitrogens with zero attached hydrogens (tertiary/aromatic N) is 6. The van der Waals surface area contributed by atoms with Gasteiger partial charge in [0.2, 0.25) is 34.4 Å². The molecule has 0 aliphatic rings. The Hall–Kier alpha value is -9.30. The smallest absolute Gasteiger partial charge is 0.295 e. The van der Waals surface area contributed by atoms with Crippen LogP contribution in [0.4, 0.5) is 46.5 Å². The van der Waals surface area contributed by atoms with Gasteiger partial charge in [-0.3, -0.25) is 36.4 Å². The molecule has 0 unspecified atom stereocenters. The summed E-state index contributed by atoms with van der Waals surface area (Å²) in [6.45, 7) is 0. The second-order valence-electron chi connectivity index (χ2n) is 20.3. The number of hydrogen-bond acceptors (Lipinski definition) is 28. The van der Waals surface area contributed by atoms with Crippen molar-refractivity contribution in [3.05, 3.63) is 132 Å². The lowest BCUT2D eigenvalue weighted by molar-refractivity contribution is 0.471. The van der Waals surface area contributed by atoms with Crippen LogP contribution in [-0.4, -0.2) is 144 Å². The molecule has 0 spiro atoms. The SMILES string of the molecule is O=S(=O)(O)c1cc(Nc2nc(Cl)nc(Nc3ccc(Nc4nc(Cl)nc(Nc5cc(S(=O)(=O)O)cc6cc(S(=O)(=O)O)c(-c7ccc8c(S(=O)(=O)O)cccc8c7S(=O)(=O)O)c(O)c56)n4)cc3)n2)c2c(O)c(-c3ccc4c(S(=O)(=O)O)cccc4c3S(=O)(=O)O)c(S(=O)(=O)O)cc2c1. The van der Waals surface area contributed by atoms with Crippen molar-refractivity contribution in [1.29, 1.82) is 0 Å². The number of nitrogens with one attached hydrogen (secondary N) is 4. The Bertz CT molecular complexity index is 5980. The summed E-state index contributed by atoms with van der Waals surface area (Å²) >= 11 is 12.6. The summed E-state index contributed by atoms with van der Waals surface area (Å²) < 4.78 is 287. The van der Waals surface area contributed by atoms with E-state index in [1.165, 1.54) is 24.3 Å². The summed E-state index contributed by atoms with van der Waals surface area (Å²) in [5.41, 5.74) is -4.98. The lowest BCUT2D eigenvalue weighted by atomic mass is 9.96. The van der Waals surface area contributed by atoms with Crippen LogP contribution in [0.2, 0.25) is 10.6 Å². The van der Waals surface area contributed by atoms with Crippen LogP contribution in [0.5, 0.6) is 11.5 Å². The minimum Gasteiger partial charge on any atom is -0.507 e. The maximum Gasteiger partial charge on any atom is 0.295 e. The molecule has 14 N–H and O–H groups in total. The third-order valence-electron chi connectivity index (χ3n) is 14.1. The van der Waals surface area contributed by atoms with E-state index in [4.69, 9.17) is 23.2 Å². The van der Waals surface area contributed by atoms with Crippen LogP contribution in [0, 0.1) is 0 Å². The van der Waals surface area contributed by atoms with Crippen LogP contribution in [0.25, 0.3) is 65.3 Å². The molecular formula is C52H34Cl2N10O26S8. The fourth-order valence-electron chi connectivity index (χ4n) is 10.4. The highest BCUT2D eigenvalue weighted by Gasteiger charge is 2.35. The zero-order valence-corrected chi connectivity index (χ0v) is 55.3. The van der Waals surface area contributed by atoms with Crippen LogP contribution < -0.4 is 21.3 Å². The van der Waals surface area contributed by atoms with Gasteiger partial charge in [-0.2, -0.15) is 97.2 Å². The van der Waals surface area contributed by atoms with Gasteiger partial charge in [0, 0.05) is 65.9 Å². The van der Waals surface area contributed by atoms with Gasteiger partial charge in [0.15, 0.2) is 0 Å². The Labute approximate surface area is 559 Å². The van der Waals surface area contributed by atoms with Gasteiger partial charge in [0.1, 0.15) is 40.9 Å². The zero-order valence-electron chi connectivity index (χ0n) is 47.3. The van der Waals surface area contributed by atoms with Crippen LogP contribution in [0.3, 0.4) is 0 Å². The molecule has 11 rings (SSSR count). The monoisotopic (exact) mass is 1540 g/mol. The highest BCUT2D eigenvalue weighted by atomic mass is 35.5. The third kappa shape index (κ3) is 13.8. The summed E-state index contributed by atoms with van der Waals surface area (Å²) in [7, 11) is -43.3. The molecule has 0 fully saturated rings. The van der Waals surface area contributed by atoms with E-state index in [2.05, 4.69) is 51.2 Å². The standard InChI is InChI=1S/C52H34Cl2N10O26S8/c53-47-59-49(63-51(61-47)57-33-19-25(91(67,68)69)15-21-17-37(95(79,80)81)41(43(65)39(21)33)31-13-11-27-29(45(31)97(85,86)87)3-1-5-35(27)93(73,74)75)55-23-7-9-24(10-8-23)56-50-60-48(54)62-52(64-50)58-34-20-26(92(70,71)72)16-22-18-38(96(82,83)84)42(44(66)40(22)34)32-14-12-28-30(46(32)98(88,89)90)4-2-6-36(28)94(76,77)78/h1-20,65-66H,(H,67,68,69)(H,70,71,72)(H,73,74,75)(H,76,77,78)(H,79,80,81)(H,82,83,84)(H,85,86,87)(H,88,89,90)(H2,55,57,59,61,63)(H2,56,58,60,62,64). The molecule has 0 aliphatic carbocycles. The minimum atomic E-state index is -5.64. The van der Waals surface area contributed by atoms with E-state index in [9.17, 15) is 114 Å². The number of phenolic OH excluding ortho intramolecular Hbond substituents is 2. The fourth-order valence-corrected chi connectivity index (χ4v) is 16.5. The van der Waals surface area contributed by atoms with Crippen molar-refractivity contribution in [3.8, 4) is 33.8 Å². The van der Waals surface area contributed by atoms with Crippen LogP contribution >= 0.6 is 23.2 Å². The molecule has 510 valence electrons. The van der Waals surface area contributed by atoms with Crippen molar-refractivity contribution >= 4 is 194 Å². The number of anilines is 8. The maximum absolute atomic E-state index is 13.2. The quantitative estimate of drug-likeness (QED) is 0.0366. The molecule has 2 heterocycles. The number of benzene rings is 9. The molecule has 0 radical (unpaired) electrons. The first-order valence-electron chi connectivity index (χ1n) is 25.9. The van der Waals surface area contributed by atoms with Crippen molar-refractivity contribution in [1.82, 2.24) is 29.9 Å². The summed E-state index contributed by atoms with van der Waals surface area (Å²) in [4.78, 5) is 15.3. The Kier molecular flexibility index (Phi) is 17.4. The third-order valence-corrected chi connectivity index (χ3v) is 21.6. The minimum absolute atomic E-state index is 0.143.